The van der Waals surface area contributed by atoms with E-state index < -0.39 is 0 Å². The number of hydroxylamine groups is 1. The molecule has 0 unspecified atom stereocenters. The van der Waals surface area contributed by atoms with E-state index in [1.54, 1.807) is 10.9 Å². The lowest BCUT2D eigenvalue weighted by molar-refractivity contribution is -0.0127. The summed E-state index contributed by atoms with van der Waals surface area (Å²) in [7, 11) is 0. The maximum absolute atomic E-state index is 11.4. The highest BCUT2D eigenvalue weighted by Gasteiger charge is 2.17. The second-order valence-corrected chi connectivity index (χ2v) is 4.05. The molecule has 1 saturated carbocycles. The van der Waals surface area contributed by atoms with E-state index in [1.807, 2.05) is 0 Å². The van der Waals surface area contributed by atoms with Crippen LogP contribution in [0.1, 0.15) is 36.2 Å². The molecule has 0 bridgehead atoms. The van der Waals surface area contributed by atoms with E-state index in [2.05, 4.69) is 10.5 Å². The molecule has 0 atom stereocenters. The number of aromatic nitrogens is 1. The highest BCUT2D eigenvalue weighted by Crippen LogP contribution is 2.19. The molecule has 1 fully saturated rings. The van der Waals surface area contributed by atoms with Crippen molar-refractivity contribution < 1.29 is 9.63 Å². The van der Waals surface area contributed by atoms with Crippen molar-refractivity contribution in [2.75, 3.05) is 0 Å². The van der Waals surface area contributed by atoms with Gasteiger partial charge in [0.1, 0.15) is 5.69 Å². The van der Waals surface area contributed by atoms with Crippen molar-refractivity contribution in [1.29, 1.82) is 0 Å². The summed E-state index contributed by atoms with van der Waals surface area (Å²) in [6, 6.07) is 0. The number of amides is 1. The van der Waals surface area contributed by atoms with Gasteiger partial charge >= 0.3 is 0 Å². The minimum Gasteiger partial charge on any atom is -0.270 e. The van der Waals surface area contributed by atoms with Crippen molar-refractivity contribution in [2.45, 2.75) is 31.8 Å². The predicted octanol–water partition coefficient (Wildman–Crippen LogP) is 1.75. The normalized spacial score (nSPS) is 17.1. The fourth-order valence-electron chi connectivity index (χ4n) is 1.52. The predicted molar refractivity (Wildman–Crippen MR) is 52.9 cm³/mol. The first-order valence-electron chi connectivity index (χ1n) is 4.70. The number of thiazole rings is 1. The van der Waals surface area contributed by atoms with Gasteiger partial charge in [0, 0.05) is 5.38 Å². The van der Waals surface area contributed by atoms with Crippen LogP contribution in [0.3, 0.4) is 0 Å². The number of rotatable bonds is 3. The molecule has 1 aliphatic carbocycles. The standard InChI is InChI=1S/C9H12N2O2S/c12-9(8-5-14-6-10-8)11-13-7-3-1-2-4-7/h5-7H,1-4H2,(H,11,12). The van der Waals surface area contributed by atoms with Crippen LogP contribution in [0, 0.1) is 0 Å². The van der Waals surface area contributed by atoms with Gasteiger partial charge < -0.3 is 0 Å². The van der Waals surface area contributed by atoms with Crippen LogP contribution in [-0.4, -0.2) is 17.0 Å². The highest BCUT2D eigenvalue weighted by atomic mass is 32.1. The average Bonchev–Trinajstić information content (AvgIpc) is 2.87. The lowest BCUT2D eigenvalue weighted by atomic mass is 10.3. The van der Waals surface area contributed by atoms with Crippen LogP contribution >= 0.6 is 11.3 Å². The SMILES string of the molecule is O=C(NOC1CCCC1)c1cscn1. The molecular weight excluding hydrogens is 200 g/mol. The Balaban J connectivity index is 1.78. The zero-order chi connectivity index (χ0) is 9.80. The zero-order valence-electron chi connectivity index (χ0n) is 7.73. The maximum atomic E-state index is 11.4. The van der Waals surface area contributed by atoms with Crippen LogP contribution in [-0.2, 0) is 4.84 Å². The number of hydrogen-bond acceptors (Lipinski definition) is 4. The van der Waals surface area contributed by atoms with Crippen LogP contribution in [0.5, 0.6) is 0 Å². The van der Waals surface area contributed by atoms with Crippen molar-refractivity contribution in [3.8, 4) is 0 Å². The second-order valence-electron chi connectivity index (χ2n) is 3.33. The summed E-state index contributed by atoms with van der Waals surface area (Å²) < 4.78 is 0. The first-order chi connectivity index (χ1) is 6.86. The Kier molecular flexibility index (Phi) is 3.10. The molecule has 0 aliphatic heterocycles. The van der Waals surface area contributed by atoms with Crippen molar-refractivity contribution in [3.63, 3.8) is 0 Å². The van der Waals surface area contributed by atoms with E-state index in [0.29, 0.717) is 5.69 Å². The minimum atomic E-state index is -0.252. The molecular formula is C9H12N2O2S. The number of nitrogens with one attached hydrogen (secondary N) is 1. The van der Waals surface area contributed by atoms with Gasteiger partial charge in [0.25, 0.3) is 5.91 Å². The van der Waals surface area contributed by atoms with Crippen molar-refractivity contribution in [2.24, 2.45) is 0 Å². The monoisotopic (exact) mass is 212 g/mol. The smallest absolute Gasteiger partial charge is 0.270 e. The van der Waals surface area contributed by atoms with E-state index in [1.165, 1.54) is 24.2 Å². The van der Waals surface area contributed by atoms with Gasteiger partial charge in [-0.3, -0.25) is 9.63 Å². The van der Waals surface area contributed by atoms with E-state index in [9.17, 15) is 4.79 Å². The molecule has 1 aromatic heterocycles. The van der Waals surface area contributed by atoms with Crippen molar-refractivity contribution >= 4 is 17.2 Å². The van der Waals surface area contributed by atoms with Crippen molar-refractivity contribution in [1.82, 2.24) is 10.5 Å². The topological polar surface area (TPSA) is 51.2 Å². The van der Waals surface area contributed by atoms with Crippen LogP contribution in [0.2, 0.25) is 0 Å². The van der Waals surface area contributed by atoms with Gasteiger partial charge in [-0.15, -0.1) is 11.3 Å². The summed E-state index contributed by atoms with van der Waals surface area (Å²) in [5, 5.41) is 1.70. The molecule has 5 heteroatoms. The maximum Gasteiger partial charge on any atom is 0.294 e. The first-order valence-corrected chi connectivity index (χ1v) is 5.65. The van der Waals surface area contributed by atoms with Gasteiger partial charge in [0.05, 0.1) is 11.6 Å². The zero-order valence-corrected chi connectivity index (χ0v) is 8.55. The van der Waals surface area contributed by atoms with E-state index >= 15 is 0 Å². The lowest BCUT2D eigenvalue weighted by Crippen LogP contribution is -2.28. The average molecular weight is 212 g/mol. The Morgan fingerprint density at radius 2 is 2.36 bits per heavy atom. The molecule has 4 nitrogen and oxygen atoms in total. The number of hydrogen-bond donors (Lipinski definition) is 1. The van der Waals surface area contributed by atoms with E-state index in [-0.39, 0.29) is 12.0 Å². The summed E-state index contributed by atoms with van der Waals surface area (Å²) >= 11 is 1.40. The van der Waals surface area contributed by atoms with Gasteiger partial charge in [-0.1, -0.05) is 12.8 Å². The van der Waals surface area contributed by atoms with Crippen molar-refractivity contribution in [3.05, 3.63) is 16.6 Å². The molecule has 76 valence electrons. The van der Waals surface area contributed by atoms with Crippen LogP contribution in [0.25, 0.3) is 0 Å². The Hall–Kier alpha value is -0.940. The Morgan fingerprint density at radius 3 is 3.00 bits per heavy atom. The summed E-state index contributed by atoms with van der Waals surface area (Å²) in [5.41, 5.74) is 4.49. The molecule has 0 aromatic carbocycles. The van der Waals surface area contributed by atoms with Gasteiger partial charge in [-0.2, -0.15) is 0 Å². The number of carbonyl (C=O) groups excluding carboxylic acids is 1. The second kappa shape index (κ2) is 4.52. The van der Waals surface area contributed by atoms with Crippen LogP contribution in [0.15, 0.2) is 10.9 Å². The summed E-state index contributed by atoms with van der Waals surface area (Å²) in [5.74, 6) is -0.252. The minimum absolute atomic E-state index is 0.192. The largest absolute Gasteiger partial charge is 0.294 e. The van der Waals surface area contributed by atoms with Gasteiger partial charge in [0.2, 0.25) is 0 Å². The quantitative estimate of drug-likeness (QED) is 0.776. The molecule has 2 rings (SSSR count). The van der Waals surface area contributed by atoms with E-state index in [0.717, 1.165) is 12.8 Å². The fraction of sp³-hybridized carbons (Fsp3) is 0.556. The molecule has 1 N–H and O–H groups in total. The summed E-state index contributed by atoms with van der Waals surface area (Å²) in [6.07, 6.45) is 4.65. The Bertz CT molecular complexity index is 294. The molecule has 1 aromatic rings. The first kappa shape index (κ1) is 9.61. The molecule has 1 heterocycles. The third-order valence-corrected chi connectivity index (χ3v) is 2.87. The third-order valence-electron chi connectivity index (χ3n) is 2.29. The highest BCUT2D eigenvalue weighted by molar-refractivity contribution is 7.07. The fourth-order valence-corrected chi connectivity index (χ4v) is 2.05. The van der Waals surface area contributed by atoms with Gasteiger partial charge in [-0.25, -0.2) is 10.5 Å². The van der Waals surface area contributed by atoms with Crippen LogP contribution in [0.4, 0.5) is 0 Å². The summed E-state index contributed by atoms with van der Waals surface area (Å²) in [6.45, 7) is 0. The Morgan fingerprint density at radius 1 is 1.57 bits per heavy atom. The number of carbonyl (C=O) groups is 1. The molecule has 1 amide bonds. The van der Waals surface area contributed by atoms with E-state index in [4.69, 9.17) is 4.84 Å². The molecule has 0 radical (unpaired) electrons. The Labute approximate surface area is 86.3 Å². The molecule has 0 saturated heterocycles. The lowest BCUT2D eigenvalue weighted by Gasteiger charge is -2.09. The molecule has 0 spiro atoms. The van der Waals surface area contributed by atoms with Crippen LogP contribution < -0.4 is 5.48 Å². The molecule has 1 aliphatic rings. The van der Waals surface area contributed by atoms with Gasteiger partial charge in [0.15, 0.2) is 0 Å². The third kappa shape index (κ3) is 2.30. The molecule has 14 heavy (non-hydrogen) atoms. The summed E-state index contributed by atoms with van der Waals surface area (Å²) in [4.78, 5) is 20.5. The van der Waals surface area contributed by atoms with Gasteiger partial charge in [-0.05, 0) is 12.8 Å². The number of nitrogens with zero attached hydrogens (tertiary/aromatic N) is 1.